The molecule has 0 aliphatic heterocycles. The van der Waals surface area contributed by atoms with E-state index >= 15 is 0 Å². The molecule has 0 aromatic carbocycles. The summed E-state index contributed by atoms with van der Waals surface area (Å²) in [6.07, 6.45) is 1.87. The Hall–Kier alpha value is 0.0569. The minimum atomic E-state index is -2.39. The molecule has 0 rings (SSSR count). The standard InChI is InChI=1S/C9H23NO3Si/c1-4-8-13-14(11-3,12-5-2)9-6-7-10/h4-10H2,1-3H3. The zero-order chi connectivity index (χ0) is 10.9. The second-order valence-corrected chi connectivity index (χ2v) is 5.91. The van der Waals surface area contributed by atoms with E-state index in [4.69, 9.17) is 19.0 Å². The van der Waals surface area contributed by atoms with Crippen molar-refractivity contribution in [1.29, 1.82) is 0 Å². The van der Waals surface area contributed by atoms with Gasteiger partial charge in [-0.3, -0.25) is 0 Å². The van der Waals surface area contributed by atoms with E-state index in [1.165, 1.54) is 0 Å². The van der Waals surface area contributed by atoms with Gasteiger partial charge in [0.2, 0.25) is 0 Å². The molecule has 0 aliphatic carbocycles. The molecule has 0 aromatic heterocycles. The number of hydrogen-bond donors (Lipinski definition) is 1. The van der Waals surface area contributed by atoms with Crippen LogP contribution in [0.3, 0.4) is 0 Å². The van der Waals surface area contributed by atoms with Crippen LogP contribution in [0.1, 0.15) is 26.7 Å². The highest BCUT2D eigenvalue weighted by Crippen LogP contribution is 2.16. The Morgan fingerprint density at radius 1 is 1.21 bits per heavy atom. The molecule has 0 radical (unpaired) electrons. The SMILES string of the molecule is CCCO[Si](CCCN)(OC)OCC. The molecule has 0 saturated heterocycles. The Bertz CT molecular complexity index is 127. The highest BCUT2D eigenvalue weighted by molar-refractivity contribution is 6.60. The van der Waals surface area contributed by atoms with Crippen LogP contribution in [-0.2, 0) is 13.3 Å². The number of hydrogen-bond acceptors (Lipinski definition) is 4. The third-order valence-corrected chi connectivity index (χ3v) is 4.85. The first-order valence-corrected chi connectivity index (χ1v) is 7.21. The molecule has 0 aromatic rings. The first-order chi connectivity index (χ1) is 6.74. The molecule has 5 heteroatoms. The van der Waals surface area contributed by atoms with Crippen molar-refractivity contribution in [2.75, 3.05) is 26.9 Å². The van der Waals surface area contributed by atoms with Gasteiger partial charge in [0.15, 0.2) is 0 Å². The Kier molecular flexibility index (Phi) is 8.41. The van der Waals surface area contributed by atoms with E-state index in [1.54, 1.807) is 7.11 Å². The molecule has 0 bridgehead atoms. The lowest BCUT2D eigenvalue weighted by molar-refractivity contribution is 0.0816. The molecular formula is C9H23NO3Si. The van der Waals surface area contributed by atoms with Crippen LogP contribution >= 0.6 is 0 Å². The van der Waals surface area contributed by atoms with Crippen LogP contribution < -0.4 is 5.73 Å². The fraction of sp³-hybridized carbons (Fsp3) is 1.00. The molecule has 86 valence electrons. The Labute approximate surface area is 88.1 Å². The molecule has 0 saturated carbocycles. The Balaban J connectivity index is 4.11. The monoisotopic (exact) mass is 221 g/mol. The summed E-state index contributed by atoms with van der Waals surface area (Å²) in [5.74, 6) is 0. The summed E-state index contributed by atoms with van der Waals surface area (Å²) >= 11 is 0. The molecule has 0 amide bonds. The molecule has 1 unspecified atom stereocenters. The summed E-state index contributed by atoms with van der Waals surface area (Å²) in [5.41, 5.74) is 5.47. The molecule has 14 heavy (non-hydrogen) atoms. The largest absolute Gasteiger partial charge is 0.500 e. The van der Waals surface area contributed by atoms with Crippen LogP contribution in [0.25, 0.3) is 0 Å². The molecule has 0 spiro atoms. The maximum Gasteiger partial charge on any atom is 0.500 e. The molecule has 4 nitrogen and oxygen atoms in total. The van der Waals surface area contributed by atoms with E-state index < -0.39 is 8.80 Å². The van der Waals surface area contributed by atoms with Gasteiger partial charge in [-0.05, 0) is 26.3 Å². The highest BCUT2D eigenvalue weighted by Gasteiger charge is 2.38. The van der Waals surface area contributed by atoms with Gasteiger partial charge in [-0.1, -0.05) is 6.92 Å². The van der Waals surface area contributed by atoms with E-state index in [-0.39, 0.29) is 0 Å². The predicted octanol–water partition coefficient (Wildman–Crippen LogP) is 1.38. The molecular weight excluding hydrogens is 198 g/mol. The van der Waals surface area contributed by atoms with Gasteiger partial charge < -0.3 is 19.0 Å². The minimum absolute atomic E-state index is 0.633. The summed E-state index contributed by atoms with van der Waals surface area (Å²) in [6, 6.07) is 0.813. The summed E-state index contributed by atoms with van der Waals surface area (Å²) in [5, 5.41) is 0. The van der Waals surface area contributed by atoms with E-state index in [0.29, 0.717) is 19.8 Å². The molecule has 1 atom stereocenters. The first kappa shape index (κ1) is 14.1. The average molecular weight is 221 g/mol. The van der Waals surface area contributed by atoms with Crippen LogP contribution in [0.5, 0.6) is 0 Å². The van der Waals surface area contributed by atoms with E-state index in [1.807, 2.05) is 6.92 Å². The van der Waals surface area contributed by atoms with Crippen LogP contribution in [-0.4, -0.2) is 35.7 Å². The summed E-state index contributed by atoms with van der Waals surface area (Å²) < 4.78 is 16.8. The van der Waals surface area contributed by atoms with Crippen molar-refractivity contribution >= 4 is 8.80 Å². The lowest BCUT2D eigenvalue weighted by atomic mass is 10.5. The fourth-order valence-corrected chi connectivity index (χ4v) is 3.61. The summed E-state index contributed by atoms with van der Waals surface area (Å²) in [4.78, 5) is 0. The number of nitrogens with two attached hydrogens (primary N) is 1. The van der Waals surface area contributed by atoms with Crippen molar-refractivity contribution in [3.63, 3.8) is 0 Å². The van der Waals surface area contributed by atoms with Gasteiger partial charge >= 0.3 is 8.80 Å². The average Bonchev–Trinajstić information content (AvgIpc) is 2.22. The van der Waals surface area contributed by atoms with Gasteiger partial charge in [0.1, 0.15) is 0 Å². The molecule has 0 aliphatic rings. The smallest absolute Gasteiger partial charge is 0.377 e. The topological polar surface area (TPSA) is 53.7 Å². The summed E-state index contributed by atoms with van der Waals surface area (Å²) in [7, 11) is -0.731. The lowest BCUT2D eigenvalue weighted by Crippen LogP contribution is -2.45. The second-order valence-electron chi connectivity index (χ2n) is 3.06. The molecule has 2 N–H and O–H groups in total. The van der Waals surface area contributed by atoms with Crippen molar-refractivity contribution in [3.8, 4) is 0 Å². The third-order valence-electron chi connectivity index (χ3n) is 1.89. The Morgan fingerprint density at radius 3 is 2.36 bits per heavy atom. The van der Waals surface area contributed by atoms with Gasteiger partial charge in [-0.25, -0.2) is 0 Å². The van der Waals surface area contributed by atoms with Gasteiger partial charge in [-0.15, -0.1) is 0 Å². The maximum atomic E-state index is 5.71. The molecule has 0 heterocycles. The van der Waals surface area contributed by atoms with Crippen molar-refractivity contribution < 1.29 is 13.3 Å². The lowest BCUT2D eigenvalue weighted by Gasteiger charge is -2.27. The minimum Gasteiger partial charge on any atom is -0.377 e. The quantitative estimate of drug-likeness (QED) is 0.598. The molecule has 0 fully saturated rings. The zero-order valence-corrected chi connectivity index (χ0v) is 10.5. The Morgan fingerprint density at radius 2 is 1.93 bits per heavy atom. The van der Waals surface area contributed by atoms with Crippen molar-refractivity contribution in [1.82, 2.24) is 0 Å². The second kappa shape index (κ2) is 8.37. The van der Waals surface area contributed by atoms with E-state index in [9.17, 15) is 0 Å². The normalized spacial score (nSPS) is 15.4. The zero-order valence-electron chi connectivity index (χ0n) is 9.54. The van der Waals surface area contributed by atoms with Crippen LogP contribution in [0.15, 0.2) is 0 Å². The highest BCUT2D eigenvalue weighted by atomic mass is 28.4. The third kappa shape index (κ3) is 5.07. The van der Waals surface area contributed by atoms with E-state index in [0.717, 1.165) is 18.9 Å². The van der Waals surface area contributed by atoms with Gasteiger partial charge in [0.05, 0.1) is 0 Å². The van der Waals surface area contributed by atoms with Gasteiger partial charge in [-0.2, -0.15) is 0 Å². The van der Waals surface area contributed by atoms with Gasteiger partial charge in [0, 0.05) is 26.4 Å². The van der Waals surface area contributed by atoms with Crippen LogP contribution in [0, 0.1) is 0 Å². The summed E-state index contributed by atoms with van der Waals surface area (Å²) in [6.45, 7) is 6.02. The number of rotatable bonds is 9. The first-order valence-electron chi connectivity index (χ1n) is 5.27. The van der Waals surface area contributed by atoms with Crippen LogP contribution in [0.2, 0.25) is 6.04 Å². The fourth-order valence-electron chi connectivity index (χ4n) is 1.20. The van der Waals surface area contributed by atoms with Crippen molar-refractivity contribution in [2.45, 2.75) is 32.7 Å². The maximum absolute atomic E-state index is 5.71. The van der Waals surface area contributed by atoms with Crippen molar-refractivity contribution in [3.05, 3.63) is 0 Å². The van der Waals surface area contributed by atoms with Crippen molar-refractivity contribution in [2.24, 2.45) is 5.73 Å². The van der Waals surface area contributed by atoms with Gasteiger partial charge in [0.25, 0.3) is 0 Å². The predicted molar refractivity (Wildman–Crippen MR) is 59.1 cm³/mol. The van der Waals surface area contributed by atoms with E-state index in [2.05, 4.69) is 6.92 Å². The van der Waals surface area contributed by atoms with Crippen LogP contribution in [0.4, 0.5) is 0 Å².